The normalized spacial score (nSPS) is 11.6. The van der Waals surface area contributed by atoms with Gasteiger partial charge in [-0.05, 0) is 42.5 Å². The van der Waals surface area contributed by atoms with Gasteiger partial charge in [-0.3, -0.25) is 4.72 Å². The van der Waals surface area contributed by atoms with E-state index >= 15 is 0 Å². The Labute approximate surface area is 218 Å². The molecule has 0 spiro atoms. The Morgan fingerprint density at radius 1 is 1.11 bits per heavy atom. The quantitative estimate of drug-likeness (QED) is 0.371. The van der Waals surface area contributed by atoms with E-state index in [1.807, 2.05) is 32.6 Å². The lowest BCUT2D eigenvalue weighted by Gasteiger charge is -2.28. The summed E-state index contributed by atoms with van der Waals surface area (Å²) in [6, 6.07) is 5.89. The molecule has 0 aliphatic rings. The van der Waals surface area contributed by atoms with Crippen LogP contribution in [0.5, 0.6) is 0 Å². The van der Waals surface area contributed by atoms with Crippen LogP contribution in [0.25, 0.3) is 0 Å². The number of sulfonamides is 1. The highest BCUT2D eigenvalue weighted by Gasteiger charge is 2.38. The second kappa shape index (κ2) is 13.0. The molecule has 14 heteroatoms. The van der Waals surface area contributed by atoms with Gasteiger partial charge in [-0.25, -0.2) is 23.0 Å². The van der Waals surface area contributed by atoms with Crippen molar-refractivity contribution in [3.05, 3.63) is 46.6 Å². The summed E-state index contributed by atoms with van der Waals surface area (Å²) in [5, 5.41) is 17.2. The van der Waals surface area contributed by atoms with E-state index in [1.54, 1.807) is 19.1 Å². The molecule has 1 aromatic heterocycles. The molecule has 0 saturated carbocycles. The maximum absolute atomic E-state index is 12.8. The molecule has 3 N–H and O–H groups in total. The summed E-state index contributed by atoms with van der Waals surface area (Å²) < 4.78 is 59.8. The third-order valence-corrected chi connectivity index (χ3v) is 6.51. The second-order valence-corrected chi connectivity index (χ2v) is 10.9. The third kappa shape index (κ3) is 9.73. The number of halogens is 4. The maximum Gasteiger partial charge on any atom is 0.490 e. The number of nitrogens with one attached hydrogen (secondary N) is 1. The summed E-state index contributed by atoms with van der Waals surface area (Å²) in [5.74, 6) is -3.00. The molecule has 0 unspecified atom stereocenters. The van der Waals surface area contributed by atoms with Gasteiger partial charge in [0.05, 0.1) is 16.8 Å². The molecule has 2 rings (SSSR count). The van der Waals surface area contributed by atoms with Crippen molar-refractivity contribution in [1.29, 1.82) is 0 Å². The van der Waals surface area contributed by atoms with E-state index < -0.39 is 28.1 Å². The van der Waals surface area contributed by atoms with Crippen LogP contribution in [-0.2, 0) is 14.8 Å². The zero-order valence-electron chi connectivity index (χ0n) is 20.8. The minimum atomic E-state index is -5.08. The Morgan fingerprint density at radius 2 is 1.62 bits per heavy atom. The standard InChI is InChI=1S/C21H28ClN3O4S.C2HF3O2/c1-13(2)11-25(12-14(3)4)20-17(21(26)27)9-16(10-23-20)24-30(28,29)19-8-6-7-18(22)15(19)5;3-2(4,5)1(6)7/h6-10,13-14,24H,11-12H2,1-5H3,(H,26,27);(H,6,7). The number of aromatic carboxylic acids is 1. The van der Waals surface area contributed by atoms with Crippen LogP contribution in [0.4, 0.5) is 24.7 Å². The van der Waals surface area contributed by atoms with Crippen LogP contribution < -0.4 is 9.62 Å². The van der Waals surface area contributed by atoms with E-state index in [4.69, 9.17) is 21.5 Å². The van der Waals surface area contributed by atoms with Gasteiger partial charge >= 0.3 is 18.1 Å². The van der Waals surface area contributed by atoms with Gasteiger partial charge in [0, 0.05) is 18.1 Å². The summed E-state index contributed by atoms with van der Waals surface area (Å²) in [6.45, 7) is 11.1. The third-order valence-electron chi connectivity index (χ3n) is 4.57. The molecule has 9 nitrogen and oxygen atoms in total. The number of hydrogen-bond acceptors (Lipinski definition) is 6. The highest BCUT2D eigenvalue weighted by atomic mass is 35.5. The van der Waals surface area contributed by atoms with Crippen molar-refractivity contribution in [3.63, 3.8) is 0 Å². The zero-order chi connectivity index (χ0) is 28.7. The zero-order valence-corrected chi connectivity index (χ0v) is 22.4. The highest BCUT2D eigenvalue weighted by molar-refractivity contribution is 7.92. The van der Waals surface area contributed by atoms with E-state index in [1.165, 1.54) is 18.3 Å². The number of aromatic nitrogens is 1. The fraction of sp³-hybridized carbons (Fsp3) is 0.435. The van der Waals surface area contributed by atoms with Crippen LogP contribution in [-0.4, -0.2) is 54.8 Å². The van der Waals surface area contributed by atoms with E-state index in [0.29, 0.717) is 41.3 Å². The summed E-state index contributed by atoms with van der Waals surface area (Å²) >= 11 is 6.04. The first-order valence-electron chi connectivity index (χ1n) is 10.9. The van der Waals surface area contributed by atoms with Crippen LogP contribution in [0.1, 0.15) is 43.6 Å². The fourth-order valence-electron chi connectivity index (χ4n) is 3.14. The number of benzene rings is 1. The molecular weight excluding hydrogens is 539 g/mol. The number of carboxylic acids is 2. The average Bonchev–Trinajstić information content (AvgIpc) is 2.73. The van der Waals surface area contributed by atoms with Gasteiger partial charge in [-0.15, -0.1) is 0 Å². The van der Waals surface area contributed by atoms with Gasteiger partial charge in [0.15, 0.2) is 0 Å². The Morgan fingerprint density at radius 3 is 2.05 bits per heavy atom. The van der Waals surface area contributed by atoms with Crippen LogP contribution in [0.3, 0.4) is 0 Å². The van der Waals surface area contributed by atoms with Gasteiger partial charge in [-0.2, -0.15) is 13.2 Å². The van der Waals surface area contributed by atoms with Crippen LogP contribution >= 0.6 is 11.6 Å². The smallest absolute Gasteiger partial charge is 0.478 e. The Hall–Kier alpha value is -3.06. The van der Waals surface area contributed by atoms with Crippen molar-refractivity contribution in [2.24, 2.45) is 11.8 Å². The first-order valence-corrected chi connectivity index (χ1v) is 12.8. The van der Waals surface area contributed by atoms with Crippen LogP contribution in [0.15, 0.2) is 35.4 Å². The van der Waals surface area contributed by atoms with Crippen molar-refractivity contribution >= 4 is 45.1 Å². The van der Waals surface area contributed by atoms with E-state index in [2.05, 4.69) is 9.71 Å². The number of nitrogens with zero attached hydrogens (tertiary/aromatic N) is 2. The molecule has 0 amide bonds. The maximum atomic E-state index is 12.8. The van der Waals surface area contributed by atoms with Gasteiger partial charge in [0.25, 0.3) is 10.0 Å². The van der Waals surface area contributed by atoms with E-state index in [-0.39, 0.29) is 16.1 Å². The fourth-order valence-corrected chi connectivity index (χ4v) is 4.67. The lowest BCUT2D eigenvalue weighted by molar-refractivity contribution is -0.192. The number of aliphatic carboxylic acids is 1. The molecule has 2 aromatic rings. The average molecular weight is 568 g/mol. The predicted molar refractivity (Wildman–Crippen MR) is 134 cm³/mol. The first-order chi connectivity index (χ1) is 16.9. The monoisotopic (exact) mass is 567 g/mol. The number of alkyl halides is 3. The van der Waals surface area contributed by atoms with E-state index in [0.717, 1.165) is 0 Å². The highest BCUT2D eigenvalue weighted by Crippen LogP contribution is 2.27. The number of hydrogen-bond donors (Lipinski definition) is 3. The summed E-state index contributed by atoms with van der Waals surface area (Å²) in [4.78, 5) is 27.1. The molecule has 1 heterocycles. The van der Waals surface area contributed by atoms with Crippen LogP contribution in [0, 0.1) is 18.8 Å². The Bertz CT molecular complexity index is 1210. The first kappa shape index (κ1) is 32.0. The van der Waals surface area contributed by atoms with Crippen LogP contribution in [0.2, 0.25) is 5.02 Å². The molecule has 0 aliphatic carbocycles. The lowest BCUT2D eigenvalue weighted by atomic mass is 10.1. The lowest BCUT2D eigenvalue weighted by Crippen LogP contribution is -2.33. The molecule has 0 aliphatic heterocycles. The van der Waals surface area contributed by atoms with Gasteiger partial charge in [0.2, 0.25) is 0 Å². The van der Waals surface area contributed by atoms with Gasteiger partial charge in [-0.1, -0.05) is 45.4 Å². The van der Waals surface area contributed by atoms with Gasteiger partial charge in [0.1, 0.15) is 11.4 Å². The summed E-state index contributed by atoms with van der Waals surface area (Å²) in [5.41, 5.74) is 0.429. The van der Waals surface area contributed by atoms with Crippen molar-refractivity contribution in [2.45, 2.75) is 45.7 Å². The minimum Gasteiger partial charge on any atom is -0.478 e. The SMILES string of the molecule is Cc1c(Cl)cccc1S(=O)(=O)Nc1cnc(N(CC(C)C)CC(C)C)c(C(=O)O)c1.O=C(O)C(F)(F)F. The summed E-state index contributed by atoms with van der Waals surface area (Å²) in [6.07, 6.45) is -3.74. The molecule has 37 heavy (non-hydrogen) atoms. The molecule has 1 aromatic carbocycles. The molecular formula is C23H29ClF3N3O6S. The molecule has 0 atom stereocenters. The molecule has 0 saturated heterocycles. The Kier molecular flexibility index (Phi) is 11.2. The van der Waals surface area contributed by atoms with E-state index in [9.17, 15) is 31.5 Å². The molecule has 0 radical (unpaired) electrons. The number of carboxylic acid groups (broad SMARTS) is 2. The largest absolute Gasteiger partial charge is 0.490 e. The minimum absolute atomic E-state index is 0.0252. The van der Waals surface area contributed by atoms with Crippen molar-refractivity contribution in [2.75, 3.05) is 22.7 Å². The number of carbonyl (C=O) groups is 2. The molecule has 0 fully saturated rings. The number of rotatable bonds is 9. The summed E-state index contributed by atoms with van der Waals surface area (Å²) in [7, 11) is -3.96. The number of pyridine rings is 1. The van der Waals surface area contributed by atoms with Crippen molar-refractivity contribution in [3.8, 4) is 0 Å². The predicted octanol–water partition coefficient (Wildman–Crippen LogP) is 5.29. The number of anilines is 2. The van der Waals surface area contributed by atoms with Gasteiger partial charge < -0.3 is 15.1 Å². The molecule has 206 valence electrons. The second-order valence-electron chi connectivity index (χ2n) is 8.86. The van der Waals surface area contributed by atoms with Crippen molar-refractivity contribution < 1.29 is 41.4 Å². The van der Waals surface area contributed by atoms with Crippen molar-refractivity contribution in [1.82, 2.24) is 4.98 Å². The topological polar surface area (TPSA) is 137 Å². The Balaban J connectivity index is 0.000000856. The molecule has 0 bridgehead atoms.